The molecule has 0 saturated heterocycles. The molecule has 1 aliphatic heterocycles. The zero-order valence-corrected chi connectivity index (χ0v) is 23.6. The number of benzene rings is 3. The van der Waals surface area contributed by atoms with Gasteiger partial charge >= 0.3 is 12.1 Å². The van der Waals surface area contributed by atoms with Crippen molar-refractivity contribution in [2.75, 3.05) is 30.5 Å². The minimum absolute atomic E-state index is 0.0802. The molecule has 2 N–H and O–H groups in total. The highest BCUT2D eigenvalue weighted by atomic mass is 35.5. The van der Waals surface area contributed by atoms with Crippen molar-refractivity contribution in [1.29, 1.82) is 0 Å². The summed E-state index contributed by atoms with van der Waals surface area (Å²) in [5, 5.41) is 12.2. The second kappa shape index (κ2) is 12.9. The van der Waals surface area contributed by atoms with E-state index in [2.05, 4.69) is 5.32 Å². The summed E-state index contributed by atoms with van der Waals surface area (Å²) >= 11 is 5.94. The van der Waals surface area contributed by atoms with Crippen LogP contribution in [0, 0.1) is 5.82 Å². The fourth-order valence-corrected chi connectivity index (χ4v) is 5.01. The fourth-order valence-electron chi connectivity index (χ4n) is 4.85. The van der Waals surface area contributed by atoms with Crippen LogP contribution in [0.5, 0.6) is 11.5 Å². The van der Waals surface area contributed by atoms with Gasteiger partial charge in [0.1, 0.15) is 23.4 Å². The summed E-state index contributed by atoms with van der Waals surface area (Å²) in [7, 11) is 1.43. The molecular formula is C30H29ClF4N2O5. The average molecular weight is 609 g/mol. The van der Waals surface area contributed by atoms with Crippen molar-refractivity contribution < 1.29 is 41.7 Å². The van der Waals surface area contributed by atoms with Crippen LogP contribution in [0.3, 0.4) is 0 Å². The number of hydrogen-bond donors (Lipinski definition) is 2. The number of carbonyl (C=O) groups excluding carboxylic acids is 1. The first-order valence-corrected chi connectivity index (χ1v) is 13.5. The lowest BCUT2D eigenvalue weighted by Crippen LogP contribution is -2.45. The van der Waals surface area contributed by atoms with Gasteiger partial charge in [-0.1, -0.05) is 30.7 Å². The molecule has 42 heavy (non-hydrogen) atoms. The Hall–Kier alpha value is -3.99. The number of nitrogens with one attached hydrogen (secondary N) is 1. The predicted octanol–water partition coefficient (Wildman–Crippen LogP) is 6.92. The zero-order valence-electron chi connectivity index (χ0n) is 22.8. The first kappa shape index (κ1) is 31.0. The fraction of sp³-hybridized carbons (Fsp3) is 0.333. The van der Waals surface area contributed by atoms with Gasteiger partial charge in [-0.2, -0.15) is 13.2 Å². The molecule has 1 unspecified atom stereocenters. The van der Waals surface area contributed by atoms with Gasteiger partial charge in [-0.15, -0.1) is 0 Å². The van der Waals surface area contributed by atoms with Crippen LogP contribution in [0.2, 0.25) is 5.02 Å². The summed E-state index contributed by atoms with van der Waals surface area (Å²) in [6.07, 6.45) is -4.05. The van der Waals surface area contributed by atoms with Crippen molar-refractivity contribution in [3.63, 3.8) is 0 Å². The third kappa shape index (κ3) is 7.25. The summed E-state index contributed by atoms with van der Waals surface area (Å²) < 4.78 is 66.6. The molecule has 1 aliphatic rings. The number of anilines is 2. The van der Waals surface area contributed by atoms with E-state index in [1.807, 2.05) is 0 Å². The number of amides is 1. The molecule has 7 nitrogen and oxygen atoms in total. The van der Waals surface area contributed by atoms with Crippen LogP contribution in [-0.2, 0) is 22.2 Å². The number of methoxy groups -OCH3 is 1. The number of aliphatic carboxylic acids is 1. The SMILES string of the molecule is COc1cc(NC(C(=O)N2CCc3ccc(C(F)(F)F)cc32)[C@@H](C)c2ccc(Cl)cc2F)cc(OCCCC(=O)O)c1. The lowest BCUT2D eigenvalue weighted by Gasteiger charge is -2.30. The zero-order chi connectivity index (χ0) is 30.6. The topological polar surface area (TPSA) is 88.1 Å². The van der Waals surface area contributed by atoms with E-state index in [1.165, 1.54) is 30.2 Å². The molecule has 12 heteroatoms. The minimum atomic E-state index is -4.59. The maximum atomic E-state index is 15.0. The van der Waals surface area contributed by atoms with Gasteiger partial charge < -0.3 is 24.8 Å². The van der Waals surface area contributed by atoms with Crippen molar-refractivity contribution >= 4 is 34.9 Å². The lowest BCUT2D eigenvalue weighted by atomic mass is 9.91. The molecular weight excluding hydrogens is 580 g/mol. The van der Waals surface area contributed by atoms with Gasteiger partial charge in [0.25, 0.3) is 0 Å². The lowest BCUT2D eigenvalue weighted by molar-refractivity contribution is -0.138. The molecule has 0 saturated carbocycles. The summed E-state index contributed by atoms with van der Waals surface area (Å²) in [5.74, 6) is -2.24. The van der Waals surface area contributed by atoms with Crippen molar-refractivity contribution in [2.24, 2.45) is 0 Å². The maximum absolute atomic E-state index is 15.0. The van der Waals surface area contributed by atoms with Gasteiger partial charge in [0, 0.05) is 53.5 Å². The van der Waals surface area contributed by atoms with Crippen LogP contribution in [0.15, 0.2) is 54.6 Å². The van der Waals surface area contributed by atoms with E-state index in [9.17, 15) is 22.8 Å². The number of carbonyl (C=O) groups is 2. The maximum Gasteiger partial charge on any atom is 0.416 e. The van der Waals surface area contributed by atoms with Gasteiger partial charge in [-0.3, -0.25) is 9.59 Å². The van der Waals surface area contributed by atoms with Gasteiger partial charge in [0.15, 0.2) is 0 Å². The normalized spacial score (nSPS) is 14.2. The van der Waals surface area contributed by atoms with Crippen LogP contribution in [0.25, 0.3) is 0 Å². The Morgan fingerprint density at radius 3 is 2.50 bits per heavy atom. The number of rotatable bonds is 11. The second-order valence-electron chi connectivity index (χ2n) is 9.90. The van der Waals surface area contributed by atoms with E-state index < -0.39 is 41.4 Å². The number of alkyl halides is 3. The first-order valence-electron chi connectivity index (χ1n) is 13.1. The first-order chi connectivity index (χ1) is 19.9. The molecule has 2 atom stereocenters. The number of carboxylic acid groups (broad SMARTS) is 1. The molecule has 0 aromatic heterocycles. The Morgan fingerprint density at radius 1 is 1.10 bits per heavy atom. The molecule has 1 amide bonds. The van der Waals surface area contributed by atoms with E-state index in [0.717, 1.165) is 18.2 Å². The second-order valence-corrected chi connectivity index (χ2v) is 10.3. The highest BCUT2D eigenvalue weighted by molar-refractivity contribution is 6.30. The third-order valence-electron chi connectivity index (χ3n) is 7.03. The van der Waals surface area contributed by atoms with Crippen molar-refractivity contribution in [2.45, 2.75) is 44.3 Å². The van der Waals surface area contributed by atoms with Gasteiger partial charge in [-0.05, 0) is 48.2 Å². The van der Waals surface area contributed by atoms with E-state index in [4.69, 9.17) is 26.2 Å². The van der Waals surface area contributed by atoms with E-state index in [-0.39, 0.29) is 42.3 Å². The molecule has 0 fully saturated rings. The monoisotopic (exact) mass is 608 g/mol. The number of ether oxygens (including phenoxy) is 2. The van der Waals surface area contributed by atoms with E-state index in [1.54, 1.807) is 25.1 Å². The molecule has 0 aliphatic carbocycles. The summed E-state index contributed by atoms with van der Waals surface area (Å²) in [4.78, 5) is 26.2. The Labute approximate surface area is 245 Å². The predicted molar refractivity (Wildman–Crippen MR) is 150 cm³/mol. The largest absolute Gasteiger partial charge is 0.497 e. The highest BCUT2D eigenvalue weighted by Gasteiger charge is 2.37. The highest BCUT2D eigenvalue weighted by Crippen LogP contribution is 2.38. The molecule has 3 aromatic rings. The quantitative estimate of drug-likeness (QED) is 0.181. The molecule has 0 bridgehead atoms. The van der Waals surface area contributed by atoms with Crippen molar-refractivity contribution in [3.8, 4) is 11.5 Å². The molecule has 3 aromatic carbocycles. The summed E-state index contributed by atoms with van der Waals surface area (Å²) in [6.45, 7) is 1.90. The van der Waals surface area contributed by atoms with Gasteiger partial charge in [0.05, 0.1) is 19.3 Å². The summed E-state index contributed by atoms with van der Waals surface area (Å²) in [5.41, 5.74) is 0.421. The Bertz CT molecular complexity index is 1470. The van der Waals surface area contributed by atoms with Crippen molar-refractivity contribution in [3.05, 3.63) is 82.1 Å². The molecule has 1 heterocycles. The third-order valence-corrected chi connectivity index (χ3v) is 7.27. The number of nitrogens with zero attached hydrogens (tertiary/aromatic N) is 1. The molecule has 0 radical (unpaired) electrons. The molecule has 4 rings (SSSR count). The number of fused-ring (bicyclic) bond motifs is 1. The van der Waals surface area contributed by atoms with Gasteiger partial charge in [-0.25, -0.2) is 4.39 Å². The number of hydrogen-bond acceptors (Lipinski definition) is 5. The van der Waals surface area contributed by atoms with Crippen LogP contribution >= 0.6 is 11.6 Å². The number of carboxylic acids is 1. The van der Waals surface area contributed by atoms with Crippen LogP contribution in [-0.4, -0.2) is 43.3 Å². The van der Waals surface area contributed by atoms with Crippen LogP contribution in [0.4, 0.5) is 28.9 Å². The Balaban J connectivity index is 1.70. The molecule has 0 spiro atoms. The van der Waals surface area contributed by atoms with Crippen molar-refractivity contribution in [1.82, 2.24) is 0 Å². The summed E-state index contributed by atoms with van der Waals surface area (Å²) in [6, 6.07) is 11.0. The smallest absolute Gasteiger partial charge is 0.416 e. The van der Waals surface area contributed by atoms with E-state index in [0.29, 0.717) is 29.2 Å². The standard InChI is InChI=1S/C30H29ClF4N2O5/c1-17(24-8-7-20(31)13-25(24)32)28(29(40)37-10-9-18-5-6-19(12-26(18)37)30(33,34)35)36-21-14-22(41-2)16-23(15-21)42-11-3-4-27(38)39/h5-8,12-17,28,36H,3-4,9-11H2,1-2H3,(H,38,39)/t17-,28?/m0/s1. The van der Waals surface area contributed by atoms with E-state index >= 15 is 4.39 Å². The minimum Gasteiger partial charge on any atom is -0.497 e. The average Bonchev–Trinajstić information content (AvgIpc) is 3.36. The Morgan fingerprint density at radius 2 is 1.83 bits per heavy atom. The van der Waals surface area contributed by atoms with Crippen LogP contribution in [0.1, 0.15) is 42.4 Å². The van der Waals surface area contributed by atoms with Crippen LogP contribution < -0.4 is 19.7 Å². The number of halogens is 5. The molecule has 224 valence electrons. The Kier molecular flexibility index (Phi) is 9.50. The van der Waals surface area contributed by atoms with Gasteiger partial charge in [0.2, 0.25) is 5.91 Å².